The minimum absolute atomic E-state index is 0.0111. The van der Waals surface area contributed by atoms with Gasteiger partial charge in [0.05, 0.1) is 17.0 Å². The Kier molecular flexibility index (Phi) is 5.22. The molecule has 2 fully saturated rings. The predicted molar refractivity (Wildman–Crippen MR) is 109 cm³/mol. The number of hydrogen-bond donors (Lipinski definition) is 1. The zero-order valence-corrected chi connectivity index (χ0v) is 16.8. The summed E-state index contributed by atoms with van der Waals surface area (Å²) in [5.41, 5.74) is 1.48. The molecule has 2 aliphatic heterocycles. The van der Waals surface area contributed by atoms with Gasteiger partial charge in [-0.3, -0.25) is 19.4 Å². The van der Waals surface area contributed by atoms with Crippen molar-refractivity contribution in [2.75, 3.05) is 19.6 Å². The molecule has 2 saturated heterocycles. The fourth-order valence-corrected chi connectivity index (χ4v) is 4.26. The third-order valence-corrected chi connectivity index (χ3v) is 6.06. The first-order valence-electron chi connectivity index (χ1n) is 10.1. The fourth-order valence-electron chi connectivity index (χ4n) is 4.26. The number of carbonyl (C=O) groups is 3. The third-order valence-electron chi connectivity index (χ3n) is 6.06. The molecule has 1 aromatic carbocycles. The first-order chi connectivity index (χ1) is 13.9. The van der Waals surface area contributed by atoms with Crippen molar-refractivity contribution < 1.29 is 14.4 Å². The number of piperidine rings is 1. The predicted octanol–water partition coefficient (Wildman–Crippen LogP) is 1.82. The van der Waals surface area contributed by atoms with E-state index in [1.807, 2.05) is 36.1 Å². The molecule has 3 heterocycles. The SMILES string of the molecule is CC(=O)N1CC(C(=O)NC2CCN(C(=O)c3ccnc4ccccc34)C(C)C2)C1. The molecule has 0 saturated carbocycles. The van der Waals surface area contributed by atoms with Gasteiger partial charge in [0.25, 0.3) is 5.91 Å². The molecular formula is C22H26N4O3. The summed E-state index contributed by atoms with van der Waals surface area (Å²) in [7, 11) is 0. The quantitative estimate of drug-likeness (QED) is 0.861. The van der Waals surface area contributed by atoms with Crippen LogP contribution < -0.4 is 5.32 Å². The number of rotatable bonds is 3. The molecule has 2 atom stereocenters. The Bertz CT molecular complexity index is 949. The van der Waals surface area contributed by atoms with Gasteiger partial charge in [-0.1, -0.05) is 18.2 Å². The van der Waals surface area contributed by atoms with Gasteiger partial charge in [-0.25, -0.2) is 0 Å². The summed E-state index contributed by atoms with van der Waals surface area (Å²) in [4.78, 5) is 44.8. The number of likely N-dealkylation sites (tertiary alicyclic amines) is 2. The molecule has 4 rings (SSSR count). The van der Waals surface area contributed by atoms with Gasteiger partial charge in [0.15, 0.2) is 0 Å². The molecule has 0 spiro atoms. The average Bonchev–Trinajstić information content (AvgIpc) is 2.65. The molecule has 2 aliphatic rings. The minimum Gasteiger partial charge on any atom is -0.353 e. The van der Waals surface area contributed by atoms with E-state index in [2.05, 4.69) is 10.3 Å². The van der Waals surface area contributed by atoms with E-state index in [0.717, 1.165) is 23.7 Å². The van der Waals surface area contributed by atoms with Crippen LogP contribution in [-0.2, 0) is 9.59 Å². The third kappa shape index (κ3) is 3.81. The van der Waals surface area contributed by atoms with E-state index < -0.39 is 0 Å². The molecule has 0 radical (unpaired) electrons. The van der Waals surface area contributed by atoms with Crippen molar-refractivity contribution in [1.82, 2.24) is 20.1 Å². The number of aromatic nitrogens is 1. The number of amides is 3. The lowest BCUT2D eigenvalue weighted by Crippen LogP contribution is -2.58. The van der Waals surface area contributed by atoms with Crippen molar-refractivity contribution in [3.8, 4) is 0 Å². The van der Waals surface area contributed by atoms with Crippen LogP contribution in [0.5, 0.6) is 0 Å². The Balaban J connectivity index is 1.37. The van der Waals surface area contributed by atoms with Crippen LogP contribution in [0.15, 0.2) is 36.5 Å². The van der Waals surface area contributed by atoms with Gasteiger partial charge in [0.2, 0.25) is 11.8 Å². The first-order valence-corrected chi connectivity index (χ1v) is 10.1. The highest BCUT2D eigenvalue weighted by Crippen LogP contribution is 2.24. The van der Waals surface area contributed by atoms with Crippen molar-refractivity contribution >= 4 is 28.6 Å². The highest BCUT2D eigenvalue weighted by Gasteiger charge is 2.36. The van der Waals surface area contributed by atoms with Gasteiger partial charge in [0.1, 0.15) is 0 Å². The standard InChI is InChI=1S/C22H26N4O3/c1-14-11-17(24-21(28)16-12-25(13-16)15(2)27)8-10-26(14)22(29)19-7-9-23-20-6-4-3-5-18(19)20/h3-7,9,14,16-17H,8,10-13H2,1-2H3,(H,24,28). The van der Waals surface area contributed by atoms with Crippen molar-refractivity contribution in [3.63, 3.8) is 0 Å². The maximum absolute atomic E-state index is 13.2. The van der Waals surface area contributed by atoms with E-state index in [-0.39, 0.29) is 35.7 Å². The Morgan fingerprint density at radius 3 is 2.62 bits per heavy atom. The van der Waals surface area contributed by atoms with Crippen molar-refractivity contribution in [1.29, 1.82) is 0 Å². The summed E-state index contributed by atoms with van der Waals surface area (Å²) < 4.78 is 0. The Labute approximate surface area is 170 Å². The number of hydrogen-bond acceptors (Lipinski definition) is 4. The zero-order valence-electron chi connectivity index (χ0n) is 16.8. The van der Waals surface area contributed by atoms with E-state index in [1.54, 1.807) is 17.2 Å². The number of fused-ring (bicyclic) bond motifs is 1. The lowest BCUT2D eigenvalue weighted by atomic mass is 9.94. The summed E-state index contributed by atoms with van der Waals surface area (Å²) in [6, 6.07) is 9.53. The number of pyridine rings is 1. The van der Waals surface area contributed by atoms with E-state index in [1.165, 1.54) is 6.92 Å². The second-order valence-corrected chi connectivity index (χ2v) is 8.07. The molecule has 0 aliphatic carbocycles. The van der Waals surface area contributed by atoms with Crippen molar-refractivity contribution in [3.05, 3.63) is 42.1 Å². The molecule has 7 heteroatoms. The van der Waals surface area contributed by atoms with Crippen LogP contribution in [-0.4, -0.2) is 64.2 Å². The summed E-state index contributed by atoms with van der Waals surface area (Å²) in [5, 5.41) is 3.98. The largest absolute Gasteiger partial charge is 0.353 e. The van der Waals surface area contributed by atoms with E-state index in [4.69, 9.17) is 0 Å². The number of nitrogens with one attached hydrogen (secondary N) is 1. The first kappa shape index (κ1) is 19.4. The summed E-state index contributed by atoms with van der Waals surface area (Å²) in [6.45, 7) is 5.16. The molecule has 1 N–H and O–H groups in total. The molecule has 2 unspecified atom stereocenters. The van der Waals surface area contributed by atoms with Crippen molar-refractivity contribution in [2.45, 2.75) is 38.8 Å². The number of benzene rings is 1. The molecule has 2 aromatic rings. The van der Waals surface area contributed by atoms with E-state index in [9.17, 15) is 14.4 Å². The number of nitrogens with zero attached hydrogens (tertiary/aromatic N) is 3. The molecule has 7 nitrogen and oxygen atoms in total. The highest BCUT2D eigenvalue weighted by molar-refractivity contribution is 6.06. The lowest BCUT2D eigenvalue weighted by Gasteiger charge is -2.41. The summed E-state index contributed by atoms with van der Waals surface area (Å²) in [5.74, 6) is -0.0771. The molecule has 3 amide bonds. The van der Waals surface area contributed by atoms with Gasteiger partial charge in [-0.15, -0.1) is 0 Å². The molecule has 1 aromatic heterocycles. The van der Waals surface area contributed by atoms with Crippen LogP contribution in [0, 0.1) is 5.92 Å². The fraction of sp³-hybridized carbons (Fsp3) is 0.455. The number of carbonyl (C=O) groups excluding carboxylic acids is 3. The van der Waals surface area contributed by atoms with Crippen LogP contribution in [0.1, 0.15) is 37.0 Å². The van der Waals surface area contributed by atoms with Gasteiger partial charge in [0, 0.05) is 50.2 Å². The van der Waals surface area contributed by atoms with Crippen LogP contribution in [0.25, 0.3) is 10.9 Å². The summed E-state index contributed by atoms with van der Waals surface area (Å²) >= 11 is 0. The minimum atomic E-state index is -0.114. The van der Waals surface area contributed by atoms with Crippen LogP contribution >= 0.6 is 0 Å². The van der Waals surface area contributed by atoms with Gasteiger partial charge in [-0.05, 0) is 31.9 Å². The molecule has 0 bridgehead atoms. The smallest absolute Gasteiger partial charge is 0.254 e. The van der Waals surface area contributed by atoms with Crippen LogP contribution in [0.3, 0.4) is 0 Å². The average molecular weight is 394 g/mol. The Hall–Kier alpha value is -2.96. The maximum Gasteiger partial charge on any atom is 0.254 e. The topological polar surface area (TPSA) is 82.6 Å². The van der Waals surface area contributed by atoms with E-state index in [0.29, 0.717) is 25.2 Å². The van der Waals surface area contributed by atoms with Gasteiger partial charge in [-0.2, -0.15) is 0 Å². The van der Waals surface area contributed by atoms with E-state index >= 15 is 0 Å². The lowest BCUT2D eigenvalue weighted by molar-refractivity contribution is -0.141. The molecular weight excluding hydrogens is 368 g/mol. The Morgan fingerprint density at radius 1 is 1.14 bits per heavy atom. The maximum atomic E-state index is 13.2. The molecule has 152 valence electrons. The zero-order chi connectivity index (χ0) is 20.5. The second kappa shape index (κ2) is 7.81. The van der Waals surface area contributed by atoms with Crippen LogP contribution in [0.2, 0.25) is 0 Å². The highest BCUT2D eigenvalue weighted by atomic mass is 16.2. The van der Waals surface area contributed by atoms with Crippen LogP contribution in [0.4, 0.5) is 0 Å². The second-order valence-electron chi connectivity index (χ2n) is 8.07. The van der Waals surface area contributed by atoms with Gasteiger partial charge >= 0.3 is 0 Å². The molecule has 29 heavy (non-hydrogen) atoms. The number of para-hydroxylation sites is 1. The Morgan fingerprint density at radius 2 is 1.90 bits per heavy atom. The monoisotopic (exact) mass is 394 g/mol. The van der Waals surface area contributed by atoms with Gasteiger partial charge < -0.3 is 15.1 Å². The van der Waals surface area contributed by atoms with Crippen molar-refractivity contribution in [2.24, 2.45) is 5.92 Å². The normalized spacial score (nSPS) is 22.3. The summed E-state index contributed by atoms with van der Waals surface area (Å²) in [6.07, 6.45) is 3.13.